The number of amides is 2. The van der Waals surface area contributed by atoms with E-state index < -0.39 is 0 Å². The standard InChI is InChI=1S/C18H25N3O3/c1-24-16-6-3-2-5-15(16)20-13-11-19(12-14-20)9-4-10-21-17(22)7-8-18(21)23/h2-3,5-6H,4,7-14H2,1H3. The Morgan fingerprint density at radius 3 is 2.29 bits per heavy atom. The van der Waals surface area contributed by atoms with Crippen molar-refractivity contribution in [3.05, 3.63) is 24.3 Å². The highest BCUT2D eigenvalue weighted by atomic mass is 16.5. The molecule has 0 N–H and O–H groups in total. The lowest BCUT2D eigenvalue weighted by Crippen LogP contribution is -2.47. The predicted octanol–water partition coefficient (Wildman–Crippen LogP) is 1.36. The van der Waals surface area contributed by atoms with Crippen molar-refractivity contribution in [3.8, 4) is 5.75 Å². The number of piperazine rings is 1. The molecule has 1 aromatic rings. The number of carbonyl (C=O) groups excluding carboxylic acids is 2. The summed E-state index contributed by atoms with van der Waals surface area (Å²) in [5.74, 6) is 0.888. The van der Waals surface area contributed by atoms with Crippen LogP contribution in [-0.2, 0) is 9.59 Å². The van der Waals surface area contributed by atoms with Gasteiger partial charge in [-0.3, -0.25) is 19.4 Å². The van der Waals surface area contributed by atoms with Gasteiger partial charge in [-0.2, -0.15) is 0 Å². The highest BCUT2D eigenvalue weighted by molar-refractivity contribution is 6.01. The zero-order valence-corrected chi connectivity index (χ0v) is 14.2. The van der Waals surface area contributed by atoms with Crippen LogP contribution in [0.2, 0.25) is 0 Å². The molecular weight excluding hydrogens is 306 g/mol. The molecule has 24 heavy (non-hydrogen) atoms. The van der Waals surface area contributed by atoms with Gasteiger partial charge in [0.05, 0.1) is 12.8 Å². The number of rotatable bonds is 6. The first-order valence-electron chi connectivity index (χ1n) is 8.62. The molecule has 0 aliphatic carbocycles. The van der Waals surface area contributed by atoms with Crippen molar-refractivity contribution in [2.75, 3.05) is 51.3 Å². The number of hydrogen-bond donors (Lipinski definition) is 0. The van der Waals surface area contributed by atoms with Gasteiger partial charge in [0.15, 0.2) is 0 Å². The molecule has 6 heteroatoms. The molecule has 1 aromatic carbocycles. The number of hydrogen-bond acceptors (Lipinski definition) is 5. The van der Waals surface area contributed by atoms with Gasteiger partial charge >= 0.3 is 0 Å². The van der Waals surface area contributed by atoms with Crippen molar-refractivity contribution in [2.24, 2.45) is 0 Å². The smallest absolute Gasteiger partial charge is 0.229 e. The minimum absolute atomic E-state index is 0.0130. The van der Waals surface area contributed by atoms with E-state index in [-0.39, 0.29) is 11.8 Å². The number of para-hydroxylation sites is 2. The molecule has 130 valence electrons. The molecule has 0 spiro atoms. The summed E-state index contributed by atoms with van der Waals surface area (Å²) in [6.07, 6.45) is 1.62. The lowest BCUT2D eigenvalue weighted by Gasteiger charge is -2.36. The topological polar surface area (TPSA) is 53.1 Å². The maximum absolute atomic E-state index is 11.6. The molecule has 2 amide bonds. The van der Waals surface area contributed by atoms with E-state index in [2.05, 4.69) is 15.9 Å². The zero-order valence-electron chi connectivity index (χ0n) is 14.2. The van der Waals surface area contributed by atoms with Crippen molar-refractivity contribution in [3.63, 3.8) is 0 Å². The molecule has 0 bridgehead atoms. The summed E-state index contributed by atoms with van der Waals surface area (Å²) >= 11 is 0. The summed E-state index contributed by atoms with van der Waals surface area (Å²) in [5, 5.41) is 0. The van der Waals surface area contributed by atoms with Crippen LogP contribution in [0.15, 0.2) is 24.3 Å². The minimum atomic E-state index is -0.0130. The van der Waals surface area contributed by atoms with Crippen LogP contribution < -0.4 is 9.64 Å². The van der Waals surface area contributed by atoms with Crippen molar-refractivity contribution in [1.82, 2.24) is 9.80 Å². The van der Waals surface area contributed by atoms with Crippen LogP contribution in [0.5, 0.6) is 5.75 Å². The predicted molar refractivity (Wildman–Crippen MR) is 92.2 cm³/mol. The highest BCUT2D eigenvalue weighted by Crippen LogP contribution is 2.28. The van der Waals surface area contributed by atoms with Gasteiger partial charge in [-0.25, -0.2) is 0 Å². The Kier molecular flexibility index (Phi) is 5.35. The molecule has 0 atom stereocenters. The molecule has 0 aromatic heterocycles. The minimum Gasteiger partial charge on any atom is -0.495 e. The van der Waals surface area contributed by atoms with Gasteiger partial charge in [-0.15, -0.1) is 0 Å². The Bertz CT molecular complexity index is 581. The fraction of sp³-hybridized carbons (Fsp3) is 0.556. The molecule has 2 aliphatic rings. The summed E-state index contributed by atoms with van der Waals surface area (Å²) in [5.41, 5.74) is 1.15. The maximum atomic E-state index is 11.6. The number of methoxy groups -OCH3 is 1. The first-order chi connectivity index (χ1) is 11.7. The first kappa shape index (κ1) is 16.8. The Labute approximate surface area is 143 Å². The number of anilines is 1. The van der Waals surface area contributed by atoms with Gasteiger partial charge in [-0.1, -0.05) is 12.1 Å². The van der Waals surface area contributed by atoms with Crippen molar-refractivity contribution < 1.29 is 14.3 Å². The summed E-state index contributed by atoms with van der Waals surface area (Å²) in [6, 6.07) is 8.11. The fourth-order valence-electron chi connectivity index (χ4n) is 3.43. The van der Waals surface area contributed by atoms with Crippen LogP contribution in [-0.4, -0.2) is 68.0 Å². The highest BCUT2D eigenvalue weighted by Gasteiger charge is 2.28. The summed E-state index contributed by atoms with van der Waals surface area (Å²) in [4.78, 5) is 29.4. The lowest BCUT2D eigenvalue weighted by atomic mass is 10.2. The fourth-order valence-corrected chi connectivity index (χ4v) is 3.43. The third-order valence-corrected chi connectivity index (χ3v) is 4.81. The second kappa shape index (κ2) is 7.66. The third-order valence-electron chi connectivity index (χ3n) is 4.81. The normalized spacial score (nSPS) is 19.2. The SMILES string of the molecule is COc1ccccc1N1CCN(CCCN2C(=O)CCC2=O)CC1. The molecule has 2 saturated heterocycles. The summed E-state index contributed by atoms with van der Waals surface area (Å²) in [7, 11) is 1.70. The average molecular weight is 331 g/mol. The molecule has 6 nitrogen and oxygen atoms in total. The molecule has 2 heterocycles. The Hall–Kier alpha value is -2.08. The van der Waals surface area contributed by atoms with Crippen LogP contribution in [0.1, 0.15) is 19.3 Å². The number of imide groups is 1. The van der Waals surface area contributed by atoms with E-state index in [9.17, 15) is 9.59 Å². The monoisotopic (exact) mass is 331 g/mol. The summed E-state index contributed by atoms with van der Waals surface area (Å²) in [6.45, 7) is 5.38. The molecule has 0 radical (unpaired) electrons. The van der Waals surface area contributed by atoms with Gasteiger partial charge < -0.3 is 9.64 Å². The summed E-state index contributed by atoms with van der Waals surface area (Å²) < 4.78 is 5.44. The van der Waals surface area contributed by atoms with E-state index in [0.29, 0.717) is 19.4 Å². The van der Waals surface area contributed by atoms with E-state index in [1.54, 1.807) is 7.11 Å². The van der Waals surface area contributed by atoms with Gasteiger partial charge in [0.2, 0.25) is 11.8 Å². The van der Waals surface area contributed by atoms with E-state index in [1.165, 1.54) is 4.90 Å². The van der Waals surface area contributed by atoms with E-state index in [1.807, 2.05) is 18.2 Å². The first-order valence-corrected chi connectivity index (χ1v) is 8.62. The van der Waals surface area contributed by atoms with Crippen LogP contribution >= 0.6 is 0 Å². The van der Waals surface area contributed by atoms with Gasteiger partial charge in [0, 0.05) is 45.6 Å². The van der Waals surface area contributed by atoms with Gasteiger partial charge in [0.25, 0.3) is 0 Å². The van der Waals surface area contributed by atoms with Crippen molar-refractivity contribution in [2.45, 2.75) is 19.3 Å². The number of nitrogens with zero attached hydrogens (tertiary/aromatic N) is 3. The van der Waals surface area contributed by atoms with Crippen LogP contribution in [0.25, 0.3) is 0 Å². The zero-order chi connectivity index (χ0) is 16.9. The number of ether oxygens (including phenoxy) is 1. The van der Waals surface area contributed by atoms with Gasteiger partial charge in [0.1, 0.15) is 5.75 Å². The molecule has 2 fully saturated rings. The average Bonchev–Trinajstić information content (AvgIpc) is 2.94. The van der Waals surface area contributed by atoms with Crippen molar-refractivity contribution in [1.29, 1.82) is 0 Å². The third kappa shape index (κ3) is 3.70. The Morgan fingerprint density at radius 2 is 1.62 bits per heavy atom. The Balaban J connectivity index is 1.44. The molecular formula is C18H25N3O3. The number of benzene rings is 1. The van der Waals surface area contributed by atoms with Crippen LogP contribution in [0.4, 0.5) is 5.69 Å². The second-order valence-corrected chi connectivity index (χ2v) is 6.29. The quantitative estimate of drug-likeness (QED) is 0.737. The molecule has 3 rings (SSSR count). The second-order valence-electron chi connectivity index (χ2n) is 6.29. The molecule has 2 aliphatic heterocycles. The maximum Gasteiger partial charge on any atom is 0.229 e. The van der Waals surface area contributed by atoms with E-state index in [4.69, 9.17) is 4.74 Å². The van der Waals surface area contributed by atoms with Gasteiger partial charge in [-0.05, 0) is 25.1 Å². The van der Waals surface area contributed by atoms with Crippen LogP contribution in [0.3, 0.4) is 0 Å². The number of likely N-dealkylation sites (tertiary alicyclic amines) is 1. The molecule has 0 unspecified atom stereocenters. The lowest BCUT2D eigenvalue weighted by molar-refractivity contribution is -0.138. The van der Waals surface area contributed by atoms with Crippen molar-refractivity contribution >= 4 is 17.5 Å². The van der Waals surface area contributed by atoms with E-state index in [0.717, 1.165) is 50.6 Å². The van der Waals surface area contributed by atoms with E-state index >= 15 is 0 Å². The largest absolute Gasteiger partial charge is 0.495 e. The number of carbonyl (C=O) groups is 2. The molecule has 0 saturated carbocycles. The van der Waals surface area contributed by atoms with Crippen LogP contribution in [0, 0.1) is 0 Å². The Morgan fingerprint density at radius 1 is 0.958 bits per heavy atom.